The molecule has 0 fully saturated rings. The van der Waals surface area contributed by atoms with Crippen LogP contribution < -0.4 is 5.56 Å². The Bertz CT molecular complexity index is 462. The smallest absolute Gasteiger partial charge is 0.252 e. The van der Waals surface area contributed by atoms with E-state index < -0.39 is 8.07 Å². The minimum atomic E-state index is -1.32. The third-order valence-corrected chi connectivity index (χ3v) is 3.57. The second kappa shape index (κ2) is 4.99. The lowest BCUT2D eigenvalue weighted by molar-refractivity contribution is 0.772. The first-order valence-corrected chi connectivity index (χ1v) is 9.33. The SMILES string of the molecule is C[Si](C)(C)C#CCn1c(I)cccc1=O. The molecule has 1 heterocycles. The van der Waals surface area contributed by atoms with Gasteiger partial charge in [-0.3, -0.25) is 9.36 Å². The molecule has 0 aliphatic rings. The zero-order chi connectivity index (χ0) is 11.5. The van der Waals surface area contributed by atoms with Crippen LogP contribution in [0.1, 0.15) is 0 Å². The van der Waals surface area contributed by atoms with E-state index in [2.05, 4.69) is 53.7 Å². The summed E-state index contributed by atoms with van der Waals surface area (Å²) in [5.74, 6) is 3.09. The van der Waals surface area contributed by atoms with Crippen LogP contribution in [0.2, 0.25) is 19.6 Å². The molecule has 1 aromatic rings. The number of hydrogen-bond acceptors (Lipinski definition) is 1. The quantitative estimate of drug-likeness (QED) is 0.335. The van der Waals surface area contributed by atoms with Gasteiger partial charge in [0.15, 0.2) is 0 Å². The molecule has 0 radical (unpaired) electrons. The van der Waals surface area contributed by atoms with E-state index in [1.54, 1.807) is 16.7 Å². The first kappa shape index (κ1) is 12.5. The first-order chi connectivity index (χ1) is 6.90. The van der Waals surface area contributed by atoms with E-state index >= 15 is 0 Å². The number of rotatable bonds is 1. The van der Waals surface area contributed by atoms with E-state index in [1.165, 1.54) is 0 Å². The molecule has 0 bridgehead atoms. The standard InChI is InChI=1S/C11H14INOSi/c1-15(2,3)9-5-8-13-10(12)6-4-7-11(13)14/h4,6-7H,8H2,1-3H3. The van der Waals surface area contributed by atoms with Crippen molar-refractivity contribution >= 4 is 30.7 Å². The average molecular weight is 331 g/mol. The normalized spacial score (nSPS) is 10.7. The van der Waals surface area contributed by atoms with Gasteiger partial charge >= 0.3 is 0 Å². The van der Waals surface area contributed by atoms with Crippen molar-refractivity contribution in [2.75, 3.05) is 0 Å². The Kier molecular flexibility index (Phi) is 4.17. The minimum absolute atomic E-state index is 0.0202. The van der Waals surface area contributed by atoms with Gasteiger partial charge in [0, 0.05) is 6.07 Å². The Morgan fingerprint density at radius 2 is 2.07 bits per heavy atom. The summed E-state index contributed by atoms with van der Waals surface area (Å²) in [7, 11) is -1.32. The summed E-state index contributed by atoms with van der Waals surface area (Å²) < 4.78 is 2.62. The maximum absolute atomic E-state index is 11.5. The van der Waals surface area contributed by atoms with Crippen LogP contribution in [0, 0.1) is 15.2 Å². The largest absolute Gasteiger partial charge is 0.292 e. The lowest BCUT2D eigenvalue weighted by Gasteiger charge is -2.05. The molecule has 2 nitrogen and oxygen atoms in total. The van der Waals surface area contributed by atoms with Crippen LogP contribution in [0.15, 0.2) is 23.0 Å². The number of hydrogen-bond donors (Lipinski definition) is 0. The van der Waals surface area contributed by atoms with Crippen LogP contribution >= 0.6 is 22.6 Å². The summed E-state index contributed by atoms with van der Waals surface area (Å²) >= 11 is 2.15. The highest BCUT2D eigenvalue weighted by atomic mass is 127. The summed E-state index contributed by atoms with van der Waals surface area (Å²) in [6.07, 6.45) is 0. The Labute approximate surface area is 105 Å². The number of halogens is 1. The molecule has 4 heteroatoms. The summed E-state index contributed by atoms with van der Waals surface area (Å²) in [6, 6.07) is 5.25. The second-order valence-electron chi connectivity index (χ2n) is 4.32. The van der Waals surface area contributed by atoms with E-state index in [0.29, 0.717) is 6.54 Å². The number of nitrogens with zero attached hydrogens (tertiary/aromatic N) is 1. The van der Waals surface area contributed by atoms with Gasteiger partial charge < -0.3 is 0 Å². The fraction of sp³-hybridized carbons (Fsp3) is 0.364. The summed E-state index contributed by atoms with van der Waals surface area (Å²) in [4.78, 5) is 11.5. The highest BCUT2D eigenvalue weighted by molar-refractivity contribution is 14.1. The third kappa shape index (κ3) is 4.22. The van der Waals surface area contributed by atoms with E-state index in [-0.39, 0.29) is 5.56 Å². The van der Waals surface area contributed by atoms with Crippen molar-refractivity contribution in [1.29, 1.82) is 0 Å². The molecule has 0 spiro atoms. The minimum Gasteiger partial charge on any atom is -0.292 e. The van der Waals surface area contributed by atoms with Crippen LogP contribution in [-0.4, -0.2) is 12.6 Å². The molecule has 0 amide bonds. The highest BCUT2D eigenvalue weighted by Crippen LogP contribution is 2.00. The topological polar surface area (TPSA) is 22.0 Å². The molecule has 0 aliphatic heterocycles. The van der Waals surface area contributed by atoms with Crippen LogP contribution in [0.25, 0.3) is 0 Å². The van der Waals surface area contributed by atoms with Gasteiger partial charge in [0.05, 0.1) is 10.2 Å². The van der Waals surface area contributed by atoms with Crippen LogP contribution in [0.5, 0.6) is 0 Å². The Morgan fingerprint density at radius 3 is 2.60 bits per heavy atom. The molecule has 0 saturated heterocycles. The zero-order valence-electron chi connectivity index (χ0n) is 9.17. The molecule has 1 rings (SSSR count). The molecule has 1 aromatic heterocycles. The van der Waals surface area contributed by atoms with Crippen LogP contribution in [-0.2, 0) is 6.54 Å². The van der Waals surface area contributed by atoms with Gasteiger partial charge in [-0.05, 0) is 28.7 Å². The molecule has 0 aliphatic carbocycles. The van der Waals surface area contributed by atoms with Gasteiger partial charge in [-0.2, -0.15) is 0 Å². The molecule has 0 unspecified atom stereocenters. The third-order valence-electron chi connectivity index (χ3n) is 1.70. The van der Waals surface area contributed by atoms with Crippen LogP contribution in [0.3, 0.4) is 0 Å². The van der Waals surface area contributed by atoms with Crippen molar-refractivity contribution in [2.45, 2.75) is 26.2 Å². The molecule has 0 aromatic carbocycles. The maximum Gasteiger partial charge on any atom is 0.252 e. The fourth-order valence-electron chi connectivity index (χ4n) is 1.03. The zero-order valence-corrected chi connectivity index (χ0v) is 12.3. The number of pyridine rings is 1. The molecule has 80 valence electrons. The molecular weight excluding hydrogens is 317 g/mol. The predicted molar refractivity (Wildman–Crippen MR) is 74.5 cm³/mol. The summed E-state index contributed by atoms with van der Waals surface area (Å²) in [5, 5.41) is 0. The van der Waals surface area contributed by atoms with Crippen molar-refractivity contribution in [1.82, 2.24) is 4.57 Å². The second-order valence-corrected chi connectivity index (χ2v) is 10.2. The van der Waals surface area contributed by atoms with Gasteiger partial charge in [-0.15, -0.1) is 5.54 Å². The fourth-order valence-corrected chi connectivity index (χ4v) is 2.26. The molecule has 15 heavy (non-hydrogen) atoms. The monoisotopic (exact) mass is 331 g/mol. The van der Waals surface area contributed by atoms with E-state index in [9.17, 15) is 4.79 Å². The maximum atomic E-state index is 11.5. The average Bonchev–Trinajstić information content (AvgIpc) is 2.08. The van der Waals surface area contributed by atoms with Gasteiger partial charge in [0.2, 0.25) is 0 Å². The van der Waals surface area contributed by atoms with Crippen molar-refractivity contribution in [3.8, 4) is 11.5 Å². The van der Waals surface area contributed by atoms with Gasteiger partial charge in [-0.25, -0.2) is 0 Å². The van der Waals surface area contributed by atoms with E-state index in [4.69, 9.17) is 0 Å². The Hall–Kier alpha value is -0.543. The first-order valence-electron chi connectivity index (χ1n) is 4.75. The lowest BCUT2D eigenvalue weighted by Crippen LogP contribution is -2.21. The summed E-state index contributed by atoms with van der Waals surface area (Å²) in [5.41, 5.74) is 3.27. The van der Waals surface area contributed by atoms with E-state index in [0.717, 1.165) is 3.70 Å². The van der Waals surface area contributed by atoms with Crippen molar-refractivity contribution in [3.05, 3.63) is 32.3 Å². The molecule has 0 N–H and O–H groups in total. The van der Waals surface area contributed by atoms with Crippen molar-refractivity contribution in [3.63, 3.8) is 0 Å². The Balaban J connectivity index is 2.90. The summed E-state index contributed by atoms with van der Waals surface area (Å²) in [6.45, 7) is 7.08. The van der Waals surface area contributed by atoms with Gasteiger partial charge in [-0.1, -0.05) is 31.6 Å². The predicted octanol–water partition coefficient (Wildman–Crippen LogP) is 2.33. The molecular formula is C11H14INOSi. The number of aromatic nitrogens is 1. The lowest BCUT2D eigenvalue weighted by atomic mass is 10.4. The van der Waals surface area contributed by atoms with Gasteiger partial charge in [0.1, 0.15) is 8.07 Å². The highest BCUT2D eigenvalue weighted by Gasteiger charge is 2.07. The van der Waals surface area contributed by atoms with E-state index in [1.807, 2.05) is 6.07 Å². The van der Waals surface area contributed by atoms with Crippen LogP contribution in [0.4, 0.5) is 0 Å². The molecule has 0 saturated carbocycles. The van der Waals surface area contributed by atoms with Gasteiger partial charge in [0.25, 0.3) is 5.56 Å². The Morgan fingerprint density at radius 1 is 1.40 bits per heavy atom. The van der Waals surface area contributed by atoms with Crippen molar-refractivity contribution < 1.29 is 0 Å². The molecule has 0 atom stereocenters. The van der Waals surface area contributed by atoms with Crippen molar-refractivity contribution in [2.24, 2.45) is 0 Å².